The molecule has 0 unspecified atom stereocenters. The lowest BCUT2D eigenvalue weighted by Crippen LogP contribution is -2.07. The standard InChI is InChI=1S/C25H22N2O5/c1-29-21-14-16(15-22(30-2)24(21)31-3)8-13-23(28)26-18-11-9-17(10-12-18)25-27-19-6-4-5-7-20(19)32-25/h4-15H,1-3H3,(H,26,28)/b13-8+. The van der Waals surface area contributed by atoms with Crippen molar-refractivity contribution in [2.24, 2.45) is 0 Å². The Labute approximate surface area is 185 Å². The number of carbonyl (C=O) groups is 1. The van der Waals surface area contributed by atoms with Crippen LogP contribution in [0.15, 0.2) is 71.2 Å². The first-order chi connectivity index (χ1) is 15.6. The van der Waals surface area contributed by atoms with Gasteiger partial charge in [0.15, 0.2) is 17.1 Å². The number of oxazole rings is 1. The van der Waals surface area contributed by atoms with Gasteiger partial charge in [0, 0.05) is 17.3 Å². The van der Waals surface area contributed by atoms with E-state index in [0.29, 0.717) is 28.8 Å². The van der Waals surface area contributed by atoms with Crippen molar-refractivity contribution in [3.63, 3.8) is 0 Å². The lowest BCUT2D eigenvalue weighted by Gasteiger charge is -2.12. The number of benzene rings is 3. The van der Waals surface area contributed by atoms with Crippen LogP contribution in [0.3, 0.4) is 0 Å². The third kappa shape index (κ3) is 4.41. The monoisotopic (exact) mass is 430 g/mol. The van der Waals surface area contributed by atoms with Gasteiger partial charge in [-0.3, -0.25) is 4.79 Å². The second-order valence-electron chi connectivity index (χ2n) is 6.85. The molecule has 0 radical (unpaired) electrons. The first kappa shape index (κ1) is 21.0. The number of rotatable bonds is 7. The normalized spacial score (nSPS) is 11.0. The van der Waals surface area contributed by atoms with Gasteiger partial charge in [-0.2, -0.15) is 0 Å². The molecule has 1 heterocycles. The summed E-state index contributed by atoms with van der Waals surface area (Å²) in [5.41, 5.74) is 3.76. The second-order valence-corrected chi connectivity index (χ2v) is 6.85. The Kier molecular flexibility index (Phi) is 6.07. The van der Waals surface area contributed by atoms with Gasteiger partial charge in [0.2, 0.25) is 17.5 Å². The van der Waals surface area contributed by atoms with E-state index in [1.54, 1.807) is 51.7 Å². The smallest absolute Gasteiger partial charge is 0.248 e. The highest BCUT2D eigenvalue weighted by atomic mass is 16.5. The molecule has 0 aliphatic rings. The van der Waals surface area contributed by atoms with Crippen molar-refractivity contribution >= 4 is 28.8 Å². The molecule has 7 heteroatoms. The van der Waals surface area contributed by atoms with Gasteiger partial charge in [-0.25, -0.2) is 4.98 Å². The van der Waals surface area contributed by atoms with Crippen molar-refractivity contribution in [3.05, 3.63) is 72.3 Å². The first-order valence-electron chi connectivity index (χ1n) is 9.86. The van der Waals surface area contributed by atoms with Crippen LogP contribution in [0.25, 0.3) is 28.6 Å². The zero-order valence-corrected chi connectivity index (χ0v) is 17.9. The van der Waals surface area contributed by atoms with E-state index in [9.17, 15) is 4.79 Å². The van der Waals surface area contributed by atoms with Gasteiger partial charge in [0.05, 0.1) is 21.3 Å². The molecule has 0 saturated carbocycles. The van der Waals surface area contributed by atoms with E-state index in [1.807, 2.05) is 36.4 Å². The number of carbonyl (C=O) groups excluding carboxylic acids is 1. The second kappa shape index (κ2) is 9.26. The minimum atomic E-state index is -0.270. The highest BCUT2D eigenvalue weighted by Crippen LogP contribution is 2.38. The fourth-order valence-electron chi connectivity index (χ4n) is 3.25. The van der Waals surface area contributed by atoms with Crippen molar-refractivity contribution in [2.75, 3.05) is 26.6 Å². The first-order valence-corrected chi connectivity index (χ1v) is 9.86. The van der Waals surface area contributed by atoms with Crippen LogP contribution >= 0.6 is 0 Å². The van der Waals surface area contributed by atoms with Gasteiger partial charge in [-0.1, -0.05) is 12.1 Å². The molecular formula is C25H22N2O5. The number of para-hydroxylation sites is 2. The molecule has 1 N–H and O–H groups in total. The molecule has 1 aromatic heterocycles. The summed E-state index contributed by atoms with van der Waals surface area (Å²) in [6.07, 6.45) is 3.11. The molecule has 7 nitrogen and oxygen atoms in total. The molecule has 0 fully saturated rings. The average Bonchev–Trinajstić information content (AvgIpc) is 3.26. The minimum absolute atomic E-state index is 0.270. The molecule has 0 aliphatic carbocycles. The van der Waals surface area contributed by atoms with E-state index in [1.165, 1.54) is 6.08 Å². The van der Waals surface area contributed by atoms with E-state index in [-0.39, 0.29) is 5.91 Å². The number of hydrogen-bond donors (Lipinski definition) is 1. The number of amides is 1. The number of nitrogens with zero attached hydrogens (tertiary/aromatic N) is 1. The molecule has 0 atom stereocenters. The maximum absolute atomic E-state index is 12.4. The Hall–Kier alpha value is -4.26. The van der Waals surface area contributed by atoms with Crippen LogP contribution in [0.5, 0.6) is 17.2 Å². The summed E-state index contributed by atoms with van der Waals surface area (Å²) in [5, 5.41) is 2.83. The van der Waals surface area contributed by atoms with Gasteiger partial charge >= 0.3 is 0 Å². The van der Waals surface area contributed by atoms with E-state index >= 15 is 0 Å². The van der Waals surface area contributed by atoms with Crippen molar-refractivity contribution in [2.45, 2.75) is 0 Å². The largest absolute Gasteiger partial charge is 0.493 e. The van der Waals surface area contributed by atoms with Crippen LogP contribution in [0.1, 0.15) is 5.56 Å². The quantitative estimate of drug-likeness (QED) is 0.407. The summed E-state index contributed by atoms with van der Waals surface area (Å²) in [7, 11) is 4.63. The zero-order valence-electron chi connectivity index (χ0n) is 17.9. The molecule has 0 bridgehead atoms. The van der Waals surface area contributed by atoms with Gasteiger partial charge in [-0.05, 0) is 60.2 Å². The Balaban J connectivity index is 1.45. The van der Waals surface area contributed by atoms with E-state index in [0.717, 1.165) is 22.2 Å². The zero-order chi connectivity index (χ0) is 22.5. The van der Waals surface area contributed by atoms with Crippen molar-refractivity contribution < 1.29 is 23.4 Å². The predicted octanol–water partition coefficient (Wildman–Crippen LogP) is 5.17. The number of methoxy groups -OCH3 is 3. The van der Waals surface area contributed by atoms with Crippen molar-refractivity contribution in [1.82, 2.24) is 4.98 Å². The lowest BCUT2D eigenvalue weighted by molar-refractivity contribution is -0.111. The Morgan fingerprint density at radius 2 is 1.62 bits per heavy atom. The molecule has 0 spiro atoms. The highest BCUT2D eigenvalue weighted by molar-refractivity contribution is 6.02. The molecule has 162 valence electrons. The van der Waals surface area contributed by atoms with E-state index < -0.39 is 0 Å². The van der Waals surface area contributed by atoms with Crippen molar-refractivity contribution in [1.29, 1.82) is 0 Å². The maximum atomic E-state index is 12.4. The molecule has 0 saturated heterocycles. The van der Waals surface area contributed by atoms with Crippen LogP contribution < -0.4 is 19.5 Å². The number of nitrogens with one attached hydrogen (secondary N) is 1. The summed E-state index contributed by atoms with van der Waals surface area (Å²) in [6, 6.07) is 18.4. The third-order valence-electron chi connectivity index (χ3n) is 4.81. The fourth-order valence-corrected chi connectivity index (χ4v) is 3.25. The van der Waals surface area contributed by atoms with Crippen LogP contribution in [-0.2, 0) is 4.79 Å². The van der Waals surface area contributed by atoms with Gasteiger partial charge in [0.1, 0.15) is 5.52 Å². The number of anilines is 1. The minimum Gasteiger partial charge on any atom is -0.493 e. The van der Waals surface area contributed by atoms with Gasteiger partial charge in [0.25, 0.3) is 0 Å². The maximum Gasteiger partial charge on any atom is 0.248 e. The van der Waals surface area contributed by atoms with Crippen LogP contribution in [0.2, 0.25) is 0 Å². The Bertz CT molecular complexity index is 1220. The van der Waals surface area contributed by atoms with Crippen molar-refractivity contribution in [3.8, 4) is 28.7 Å². The van der Waals surface area contributed by atoms with E-state index in [2.05, 4.69) is 10.3 Å². The highest BCUT2D eigenvalue weighted by Gasteiger charge is 2.12. The Morgan fingerprint density at radius 1 is 0.938 bits per heavy atom. The van der Waals surface area contributed by atoms with Crippen LogP contribution in [0.4, 0.5) is 5.69 Å². The average molecular weight is 430 g/mol. The molecular weight excluding hydrogens is 408 g/mol. The summed E-state index contributed by atoms with van der Waals surface area (Å²) >= 11 is 0. The van der Waals surface area contributed by atoms with Crippen LogP contribution in [-0.4, -0.2) is 32.2 Å². The van der Waals surface area contributed by atoms with Crippen LogP contribution in [0, 0.1) is 0 Å². The van der Waals surface area contributed by atoms with E-state index in [4.69, 9.17) is 18.6 Å². The molecule has 32 heavy (non-hydrogen) atoms. The molecule has 0 aliphatic heterocycles. The van der Waals surface area contributed by atoms with Gasteiger partial charge in [-0.15, -0.1) is 0 Å². The molecule has 3 aromatic carbocycles. The molecule has 1 amide bonds. The number of hydrogen-bond acceptors (Lipinski definition) is 6. The SMILES string of the molecule is COc1cc(/C=C/C(=O)Nc2ccc(-c3nc4ccccc4o3)cc2)cc(OC)c1OC. The summed E-state index contributed by atoms with van der Waals surface area (Å²) in [5.74, 6) is 1.79. The van der Waals surface area contributed by atoms with Gasteiger partial charge < -0.3 is 23.9 Å². The number of fused-ring (bicyclic) bond motifs is 1. The summed E-state index contributed by atoms with van der Waals surface area (Å²) in [6.45, 7) is 0. The summed E-state index contributed by atoms with van der Waals surface area (Å²) < 4.78 is 21.8. The predicted molar refractivity (Wildman–Crippen MR) is 123 cm³/mol. The summed E-state index contributed by atoms with van der Waals surface area (Å²) in [4.78, 5) is 16.9. The third-order valence-corrected chi connectivity index (χ3v) is 4.81. The molecule has 4 aromatic rings. The Morgan fingerprint density at radius 3 is 2.25 bits per heavy atom. The number of ether oxygens (including phenoxy) is 3. The molecule has 4 rings (SSSR count). The fraction of sp³-hybridized carbons (Fsp3) is 0.120. The number of aromatic nitrogens is 1. The lowest BCUT2D eigenvalue weighted by atomic mass is 10.1. The topological polar surface area (TPSA) is 82.8 Å².